The van der Waals surface area contributed by atoms with Gasteiger partial charge in [0, 0.05) is 24.0 Å². The fraction of sp³-hybridized carbons (Fsp3) is 0.714. The van der Waals surface area contributed by atoms with Gasteiger partial charge in [0.15, 0.2) is 0 Å². The molecule has 0 saturated carbocycles. The Bertz CT molecular complexity index is 431. The number of hydrogen-bond acceptors (Lipinski definition) is 4. The smallest absolute Gasteiger partial charge is 0.0869 e. The van der Waals surface area contributed by atoms with Gasteiger partial charge in [0.25, 0.3) is 0 Å². The average molecular weight is 347 g/mol. The molecule has 2 rings (SSSR count). The average Bonchev–Trinajstić information content (AvgIpc) is 2.65. The van der Waals surface area contributed by atoms with Crippen LogP contribution in [0.25, 0.3) is 0 Å². The Kier molecular flexibility index (Phi) is 5.06. The lowest BCUT2D eigenvalue weighted by Crippen LogP contribution is -2.46. The third kappa shape index (κ3) is 4.26. The fourth-order valence-corrected chi connectivity index (χ4v) is 4.63. The Hall–Kier alpha value is 0.0600. The largest absolute Gasteiger partial charge is 0.388 e. The quantitative estimate of drug-likeness (QED) is 0.860. The highest BCUT2D eigenvalue weighted by Crippen LogP contribution is 2.37. The van der Waals surface area contributed by atoms with Crippen LogP contribution in [0.15, 0.2) is 9.85 Å². The van der Waals surface area contributed by atoms with Crippen molar-refractivity contribution in [1.82, 2.24) is 10.2 Å². The Morgan fingerprint density at radius 3 is 3.00 bits per heavy atom. The van der Waals surface area contributed by atoms with E-state index in [1.165, 1.54) is 27.1 Å². The molecular weight excluding hydrogens is 324 g/mol. The summed E-state index contributed by atoms with van der Waals surface area (Å²) in [7, 11) is 3.98. The van der Waals surface area contributed by atoms with Crippen LogP contribution >= 0.6 is 27.3 Å². The van der Waals surface area contributed by atoms with Crippen molar-refractivity contribution in [3.05, 3.63) is 20.3 Å². The van der Waals surface area contributed by atoms with Gasteiger partial charge in [-0.1, -0.05) is 0 Å². The zero-order valence-electron chi connectivity index (χ0n) is 11.9. The molecule has 0 radical (unpaired) electrons. The maximum Gasteiger partial charge on any atom is 0.0869 e. The van der Waals surface area contributed by atoms with Crippen molar-refractivity contribution in [2.45, 2.75) is 37.8 Å². The lowest BCUT2D eigenvalue weighted by molar-refractivity contribution is 0.0308. The summed E-state index contributed by atoms with van der Waals surface area (Å²) < 4.78 is 1.21. The molecule has 0 saturated heterocycles. The minimum absolute atomic E-state index is 0.389. The molecule has 1 heterocycles. The van der Waals surface area contributed by atoms with Gasteiger partial charge in [0.05, 0.1) is 9.39 Å². The molecule has 0 aromatic carbocycles. The number of thiophene rings is 1. The van der Waals surface area contributed by atoms with Gasteiger partial charge >= 0.3 is 0 Å². The van der Waals surface area contributed by atoms with Crippen LogP contribution in [0.5, 0.6) is 0 Å². The van der Waals surface area contributed by atoms with Crippen LogP contribution in [0.1, 0.15) is 36.2 Å². The van der Waals surface area contributed by atoms with Gasteiger partial charge in [-0.25, -0.2) is 0 Å². The van der Waals surface area contributed by atoms with Crippen LogP contribution in [0.4, 0.5) is 0 Å². The molecule has 108 valence electrons. The van der Waals surface area contributed by atoms with Crippen molar-refractivity contribution in [1.29, 1.82) is 0 Å². The normalized spacial score (nSPS) is 22.3. The number of fused-ring (bicyclic) bond motifs is 1. The van der Waals surface area contributed by atoms with E-state index < -0.39 is 5.60 Å². The van der Waals surface area contributed by atoms with E-state index >= 15 is 0 Å². The first-order chi connectivity index (χ1) is 8.87. The van der Waals surface area contributed by atoms with Crippen LogP contribution in [-0.2, 0) is 6.42 Å². The summed E-state index contributed by atoms with van der Waals surface area (Å²) in [6.45, 7) is 3.20. The van der Waals surface area contributed by atoms with Gasteiger partial charge in [-0.3, -0.25) is 0 Å². The van der Waals surface area contributed by atoms with E-state index in [2.05, 4.69) is 27.3 Å². The van der Waals surface area contributed by atoms with Crippen molar-refractivity contribution < 1.29 is 5.11 Å². The summed E-state index contributed by atoms with van der Waals surface area (Å²) in [4.78, 5) is 3.51. The van der Waals surface area contributed by atoms with Crippen LogP contribution in [0.2, 0.25) is 0 Å². The van der Waals surface area contributed by atoms with Gasteiger partial charge in [0.2, 0.25) is 0 Å². The summed E-state index contributed by atoms with van der Waals surface area (Å²) in [5, 5.41) is 13.9. The number of aliphatic hydroxyl groups is 1. The highest BCUT2D eigenvalue weighted by atomic mass is 79.9. The Balaban J connectivity index is 1.97. The minimum atomic E-state index is -0.686. The summed E-state index contributed by atoms with van der Waals surface area (Å²) in [5.74, 6) is 0. The van der Waals surface area contributed by atoms with Gasteiger partial charge in [-0.2, -0.15) is 0 Å². The van der Waals surface area contributed by atoms with Crippen molar-refractivity contribution in [3.8, 4) is 0 Å². The molecule has 1 aromatic rings. The van der Waals surface area contributed by atoms with Gasteiger partial charge in [-0.05, 0) is 67.8 Å². The van der Waals surface area contributed by atoms with Crippen molar-refractivity contribution in [2.24, 2.45) is 0 Å². The zero-order valence-corrected chi connectivity index (χ0v) is 14.3. The van der Waals surface area contributed by atoms with Crippen LogP contribution in [0, 0.1) is 0 Å². The number of hydrogen-bond donors (Lipinski definition) is 2. The molecule has 0 amide bonds. The summed E-state index contributed by atoms with van der Waals surface area (Å²) in [6.07, 6.45) is 3.58. The molecule has 2 N–H and O–H groups in total. The standard InChI is InChI=1S/C14H23BrN2OS/c1-14(18,9-17(2)3)8-16-11-5-4-6-12-10(11)7-13(15)19-12/h7,11,16,18H,4-6,8-9H2,1-3H3. The Morgan fingerprint density at radius 1 is 1.58 bits per heavy atom. The van der Waals surface area contributed by atoms with Crippen molar-refractivity contribution in [3.63, 3.8) is 0 Å². The van der Waals surface area contributed by atoms with Crippen LogP contribution in [0.3, 0.4) is 0 Å². The van der Waals surface area contributed by atoms with E-state index in [0.717, 1.165) is 6.42 Å². The second kappa shape index (κ2) is 6.22. The molecule has 5 heteroatoms. The van der Waals surface area contributed by atoms with Crippen molar-refractivity contribution in [2.75, 3.05) is 27.2 Å². The van der Waals surface area contributed by atoms with Crippen molar-refractivity contribution >= 4 is 27.3 Å². The van der Waals surface area contributed by atoms with E-state index in [-0.39, 0.29) is 0 Å². The molecule has 3 nitrogen and oxygen atoms in total. The predicted octanol–water partition coefficient (Wildman–Crippen LogP) is 2.79. The first kappa shape index (κ1) is 15.4. The van der Waals surface area contributed by atoms with E-state index in [1.807, 2.05) is 37.3 Å². The maximum absolute atomic E-state index is 10.4. The zero-order chi connectivity index (χ0) is 14.0. The number of rotatable bonds is 5. The lowest BCUT2D eigenvalue weighted by Gasteiger charge is -2.31. The topological polar surface area (TPSA) is 35.5 Å². The number of halogens is 1. The third-order valence-electron chi connectivity index (χ3n) is 3.47. The van der Waals surface area contributed by atoms with E-state index in [9.17, 15) is 5.11 Å². The molecular formula is C14H23BrN2OS. The van der Waals surface area contributed by atoms with Crippen LogP contribution in [-0.4, -0.2) is 42.8 Å². The second-order valence-electron chi connectivity index (χ2n) is 5.99. The van der Waals surface area contributed by atoms with Gasteiger partial charge in [0.1, 0.15) is 0 Å². The monoisotopic (exact) mass is 346 g/mol. The molecule has 0 spiro atoms. The van der Waals surface area contributed by atoms with E-state index in [4.69, 9.17) is 0 Å². The highest BCUT2D eigenvalue weighted by Gasteiger charge is 2.26. The number of nitrogens with zero attached hydrogens (tertiary/aromatic N) is 1. The summed E-state index contributed by atoms with van der Waals surface area (Å²) in [5.41, 5.74) is 0.734. The molecule has 0 fully saturated rings. The number of aryl methyl sites for hydroxylation is 1. The molecule has 0 bridgehead atoms. The number of likely N-dealkylation sites (N-methyl/N-ethyl adjacent to an activating group) is 1. The van der Waals surface area contributed by atoms with Gasteiger partial charge in [-0.15, -0.1) is 11.3 Å². The molecule has 2 atom stereocenters. The maximum atomic E-state index is 10.4. The number of nitrogens with one attached hydrogen (secondary N) is 1. The molecule has 2 unspecified atom stereocenters. The molecule has 1 aliphatic carbocycles. The highest BCUT2D eigenvalue weighted by molar-refractivity contribution is 9.11. The Morgan fingerprint density at radius 2 is 2.32 bits per heavy atom. The molecule has 0 aliphatic heterocycles. The second-order valence-corrected chi connectivity index (χ2v) is 8.51. The van der Waals surface area contributed by atoms with Gasteiger partial charge < -0.3 is 15.3 Å². The summed E-state index contributed by atoms with van der Waals surface area (Å²) in [6, 6.07) is 2.62. The lowest BCUT2D eigenvalue weighted by atomic mass is 9.93. The molecule has 19 heavy (non-hydrogen) atoms. The van der Waals surface area contributed by atoms with E-state index in [0.29, 0.717) is 19.1 Å². The fourth-order valence-electron chi connectivity index (χ4n) is 2.81. The predicted molar refractivity (Wildman–Crippen MR) is 84.9 cm³/mol. The minimum Gasteiger partial charge on any atom is -0.388 e. The molecule has 1 aliphatic rings. The summed E-state index contributed by atoms with van der Waals surface area (Å²) >= 11 is 5.42. The molecule has 1 aromatic heterocycles. The SMILES string of the molecule is CN(C)CC(C)(O)CNC1CCCc2sc(Br)cc21. The first-order valence-electron chi connectivity index (χ1n) is 6.76. The third-order valence-corrected chi connectivity index (χ3v) is 5.18. The first-order valence-corrected chi connectivity index (χ1v) is 8.37. The van der Waals surface area contributed by atoms with E-state index in [1.54, 1.807) is 0 Å². The Labute approximate surface area is 128 Å². The van der Waals surface area contributed by atoms with Crippen LogP contribution < -0.4 is 5.32 Å².